The van der Waals surface area contributed by atoms with Crippen LogP contribution in [0.25, 0.3) is 11.8 Å². The Balaban J connectivity index is 2.08. The van der Waals surface area contributed by atoms with Crippen molar-refractivity contribution >= 4 is 23.5 Å². The number of benzene rings is 2. The van der Waals surface area contributed by atoms with Crippen LogP contribution >= 0.6 is 0 Å². The van der Waals surface area contributed by atoms with Crippen molar-refractivity contribution in [3.63, 3.8) is 0 Å². The van der Waals surface area contributed by atoms with Gasteiger partial charge in [0.1, 0.15) is 0 Å². The molecule has 2 amide bonds. The lowest BCUT2D eigenvalue weighted by Gasteiger charge is -2.20. The summed E-state index contributed by atoms with van der Waals surface area (Å²) >= 11 is 0. The van der Waals surface area contributed by atoms with E-state index >= 15 is 0 Å². The van der Waals surface area contributed by atoms with Crippen molar-refractivity contribution in [1.82, 2.24) is 5.32 Å². The number of para-hydroxylation sites is 1. The van der Waals surface area contributed by atoms with Gasteiger partial charge in [0, 0.05) is 5.56 Å². The van der Waals surface area contributed by atoms with Crippen LogP contribution in [0.15, 0.2) is 54.6 Å². The number of fused-ring (bicyclic) bond motifs is 1. The third kappa shape index (κ3) is 1.98. The molecular formula is C15H12N2O. The SMILES string of the molecule is O=C1NC(=Cc2ccccc2)c2ccccc2N1. The molecule has 0 aromatic heterocycles. The number of urea groups is 1. The summed E-state index contributed by atoms with van der Waals surface area (Å²) in [6.07, 6.45) is 1.97. The van der Waals surface area contributed by atoms with Crippen molar-refractivity contribution < 1.29 is 4.79 Å². The standard InChI is InChI=1S/C15H12N2O/c18-15-16-13-9-5-4-8-12(13)14(17-15)10-11-6-2-1-3-7-11/h1-10H,(H2,16,17,18). The molecule has 0 spiro atoms. The number of amides is 2. The molecule has 0 unspecified atom stereocenters. The molecule has 1 aliphatic rings. The van der Waals surface area contributed by atoms with E-state index in [0.29, 0.717) is 0 Å². The van der Waals surface area contributed by atoms with Gasteiger partial charge in [0.2, 0.25) is 0 Å². The molecule has 88 valence electrons. The first kappa shape index (κ1) is 10.6. The van der Waals surface area contributed by atoms with Gasteiger partial charge >= 0.3 is 6.03 Å². The second-order valence-electron chi connectivity index (χ2n) is 4.09. The molecule has 0 aliphatic carbocycles. The van der Waals surface area contributed by atoms with Gasteiger partial charge in [-0.3, -0.25) is 0 Å². The fourth-order valence-corrected chi connectivity index (χ4v) is 2.00. The summed E-state index contributed by atoms with van der Waals surface area (Å²) in [4.78, 5) is 11.6. The zero-order valence-electron chi connectivity index (χ0n) is 9.68. The van der Waals surface area contributed by atoms with Crippen molar-refractivity contribution in [1.29, 1.82) is 0 Å². The Bertz CT molecular complexity index is 617. The number of rotatable bonds is 1. The average molecular weight is 236 g/mol. The molecule has 1 heterocycles. The van der Waals surface area contributed by atoms with Gasteiger partial charge < -0.3 is 10.6 Å². The van der Waals surface area contributed by atoms with Crippen LogP contribution in [0.5, 0.6) is 0 Å². The van der Waals surface area contributed by atoms with Crippen LogP contribution in [0.1, 0.15) is 11.1 Å². The number of carbonyl (C=O) groups excluding carboxylic acids is 1. The first-order chi connectivity index (χ1) is 8.83. The number of nitrogens with one attached hydrogen (secondary N) is 2. The lowest BCUT2D eigenvalue weighted by atomic mass is 10.1. The molecule has 0 saturated carbocycles. The van der Waals surface area contributed by atoms with E-state index in [-0.39, 0.29) is 6.03 Å². The fourth-order valence-electron chi connectivity index (χ4n) is 2.00. The van der Waals surface area contributed by atoms with E-state index in [0.717, 1.165) is 22.5 Å². The Hall–Kier alpha value is -2.55. The fraction of sp³-hybridized carbons (Fsp3) is 0. The molecule has 18 heavy (non-hydrogen) atoms. The van der Waals surface area contributed by atoms with Gasteiger partial charge in [-0.05, 0) is 17.7 Å². The van der Waals surface area contributed by atoms with Gasteiger partial charge in [-0.2, -0.15) is 0 Å². The minimum Gasteiger partial charge on any atom is -0.307 e. The summed E-state index contributed by atoms with van der Waals surface area (Å²) in [5.74, 6) is 0. The van der Waals surface area contributed by atoms with Gasteiger partial charge in [0.15, 0.2) is 0 Å². The van der Waals surface area contributed by atoms with E-state index in [1.54, 1.807) is 0 Å². The van der Waals surface area contributed by atoms with E-state index in [4.69, 9.17) is 0 Å². The maximum Gasteiger partial charge on any atom is 0.323 e. The summed E-state index contributed by atoms with van der Waals surface area (Å²) in [7, 11) is 0. The smallest absolute Gasteiger partial charge is 0.307 e. The Labute approximate surface area is 105 Å². The number of carbonyl (C=O) groups is 1. The van der Waals surface area contributed by atoms with E-state index in [2.05, 4.69) is 10.6 Å². The van der Waals surface area contributed by atoms with Crippen molar-refractivity contribution in [2.75, 3.05) is 5.32 Å². The highest BCUT2D eigenvalue weighted by molar-refractivity contribution is 6.05. The summed E-state index contributed by atoms with van der Waals surface area (Å²) < 4.78 is 0. The molecule has 3 nitrogen and oxygen atoms in total. The Morgan fingerprint density at radius 3 is 2.39 bits per heavy atom. The molecule has 2 aromatic rings. The molecule has 3 heteroatoms. The molecule has 3 rings (SSSR count). The molecule has 0 fully saturated rings. The third-order valence-corrected chi connectivity index (χ3v) is 2.82. The van der Waals surface area contributed by atoms with Crippen molar-refractivity contribution in [2.24, 2.45) is 0 Å². The topological polar surface area (TPSA) is 41.1 Å². The molecule has 0 saturated heterocycles. The maximum absolute atomic E-state index is 11.6. The van der Waals surface area contributed by atoms with Gasteiger partial charge in [0.05, 0.1) is 11.4 Å². The normalized spacial score (nSPS) is 15.8. The quantitative estimate of drug-likeness (QED) is 0.783. The zero-order valence-corrected chi connectivity index (χ0v) is 9.68. The van der Waals surface area contributed by atoms with Crippen LogP contribution in [0.3, 0.4) is 0 Å². The minimum absolute atomic E-state index is 0.198. The largest absolute Gasteiger partial charge is 0.323 e. The number of hydrogen-bond acceptors (Lipinski definition) is 1. The van der Waals surface area contributed by atoms with E-state index in [9.17, 15) is 4.79 Å². The van der Waals surface area contributed by atoms with Crippen LogP contribution in [0.4, 0.5) is 10.5 Å². The maximum atomic E-state index is 11.6. The third-order valence-electron chi connectivity index (χ3n) is 2.82. The highest BCUT2D eigenvalue weighted by Gasteiger charge is 2.17. The summed E-state index contributed by atoms with van der Waals surface area (Å²) in [5, 5.41) is 5.62. The highest BCUT2D eigenvalue weighted by atomic mass is 16.2. The summed E-state index contributed by atoms with van der Waals surface area (Å²) in [5.41, 5.74) is 3.72. The van der Waals surface area contributed by atoms with Crippen LogP contribution in [-0.2, 0) is 0 Å². The first-order valence-electron chi connectivity index (χ1n) is 5.77. The number of hydrogen-bond donors (Lipinski definition) is 2. The summed E-state index contributed by atoms with van der Waals surface area (Å²) in [6, 6.07) is 17.5. The summed E-state index contributed by atoms with van der Waals surface area (Å²) in [6.45, 7) is 0. The monoisotopic (exact) mass is 236 g/mol. The van der Waals surface area contributed by atoms with Gasteiger partial charge in [-0.15, -0.1) is 0 Å². The minimum atomic E-state index is -0.198. The van der Waals surface area contributed by atoms with Crippen molar-refractivity contribution in [3.8, 4) is 0 Å². The highest BCUT2D eigenvalue weighted by Crippen LogP contribution is 2.27. The first-order valence-corrected chi connectivity index (χ1v) is 5.77. The molecule has 0 bridgehead atoms. The number of anilines is 1. The molecule has 1 aliphatic heterocycles. The van der Waals surface area contributed by atoms with E-state index in [1.165, 1.54) is 0 Å². The van der Waals surface area contributed by atoms with Crippen LogP contribution in [0, 0.1) is 0 Å². The van der Waals surface area contributed by atoms with E-state index in [1.807, 2.05) is 60.7 Å². The van der Waals surface area contributed by atoms with Crippen LogP contribution < -0.4 is 10.6 Å². The van der Waals surface area contributed by atoms with Gasteiger partial charge in [-0.25, -0.2) is 4.79 Å². The molecule has 0 atom stereocenters. The molecule has 0 radical (unpaired) electrons. The second-order valence-corrected chi connectivity index (χ2v) is 4.09. The van der Waals surface area contributed by atoms with Gasteiger partial charge in [0.25, 0.3) is 0 Å². The lowest BCUT2D eigenvalue weighted by molar-refractivity contribution is 0.255. The Kier molecular flexibility index (Phi) is 2.57. The Morgan fingerprint density at radius 1 is 0.833 bits per heavy atom. The Morgan fingerprint density at radius 2 is 1.56 bits per heavy atom. The van der Waals surface area contributed by atoms with Crippen LogP contribution in [0.2, 0.25) is 0 Å². The zero-order chi connectivity index (χ0) is 12.4. The molecule has 2 N–H and O–H groups in total. The van der Waals surface area contributed by atoms with Crippen molar-refractivity contribution in [2.45, 2.75) is 0 Å². The van der Waals surface area contributed by atoms with E-state index < -0.39 is 0 Å². The van der Waals surface area contributed by atoms with Crippen molar-refractivity contribution in [3.05, 3.63) is 65.7 Å². The molecular weight excluding hydrogens is 224 g/mol. The second kappa shape index (κ2) is 4.37. The van der Waals surface area contributed by atoms with Crippen LogP contribution in [-0.4, -0.2) is 6.03 Å². The predicted octanol–water partition coefficient (Wildman–Crippen LogP) is 3.32. The molecule has 2 aromatic carbocycles. The lowest BCUT2D eigenvalue weighted by Crippen LogP contribution is -2.32. The predicted molar refractivity (Wildman–Crippen MR) is 72.9 cm³/mol. The average Bonchev–Trinajstić information content (AvgIpc) is 2.40. The van der Waals surface area contributed by atoms with Gasteiger partial charge in [-0.1, -0.05) is 48.5 Å².